The van der Waals surface area contributed by atoms with Gasteiger partial charge in [-0.15, -0.1) is 0 Å². The third-order valence-electron chi connectivity index (χ3n) is 3.25. The second-order valence-electron chi connectivity index (χ2n) is 4.61. The second kappa shape index (κ2) is 6.74. The molecule has 21 heavy (non-hydrogen) atoms. The number of nitrogens with zero attached hydrogens (tertiary/aromatic N) is 1. The Kier molecular flexibility index (Phi) is 4.77. The molecule has 3 N–H and O–H groups in total. The second-order valence-corrected chi connectivity index (χ2v) is 4.61. The zero-order valence-corrected chi connectivity index (χ0v) is 12.2. The van der Waals surface area contributed by atoms with Crippen molar-refractivity contribution in [2.24, 2.45) is 0 Å². The van der Waals surface area contributed by atoms with Crippen molar-refractivity contribution >= 4 is 11.6 Å². The van der Waals surface area contributed by atoms with Crippen LogP contribution in [0.5, 0.6) is 5.75 Å². The summed E-state index contributed by atoms with van der Waals surface area (Å²) in [6.07, 6.45) is 2.60. The number of hydrogen-bond donors (Lipinski definition) is 2. The van der Waals surface area contributed by atoms with Gasteiger partial charge in [0.15, 0.2) is 0 Å². The van der Waals surface area contributed by atoms with E-state index in [9.17, 15) is 4.79 Å². The van der Waals surface area contributed by atoms with Crippen molar-refractivity contribution in [2.45, 2.75) is 19.9 Å². The molecule has 1 aromatic carbocycles. The highest BCUT2D eigenvalue weighted by atomic mass is 16.5. The lowest BCUT2D eigenvalue weighted by atomic mass is 10.1. The fraction of sp³-hybridized carbons (Fsp3) is 0.250. The molecule has 1 heterocycles. The molecule has 2 rings (SSSR count). The number of aromatic nitrogens is 1. The number of nitrogens with two attached hydrogens (primary N) is 1. The SMILES string of the molecule is CCc1cccnc1CNC(=O)c1cc(N)ccc1OC. The van der Waals surface area contributed by atoms with Crippen LogP contribution in [0.4, 0.5) is 5.69 Å². The molecule has 0 aliphatic rings. The van der Waals surface area contributed by atoms with Crippen LogP contribution in [-0.2, 0) is 13.0 Å². The fourth-order valence-corrected chi connectivity index (χ4v) is 2.11. The van der Waals surface area contributed by atoms with Crippen LogP contribution in [0, 0.1) is 0 Å². The zero-order chi connectivity index (χ0) is 15.2. The summed E-state index contributed by atoms with van der Waals surface area (Å²) in [6.45, 7) is 2.43. The Labute approximate surface area is 124 Å². The predicted octanol–water partition coefficient (Wildman–Crippen LogP) is 2.16. The number of anilines is 1. The summed E-state index contributed by atoms with van der Waals surface area (Å²) in [6, 6.07) is 8.89. The average molecular weight is 285 g/mol. The number of nitrogens with one attached hydrogen (secondary N) is 1. The van der Waals surface area contributed by atoms with E-state index in [1.807, 2.05) is 12.1 Å². The van der Waals surface area contributed by atoms with Crippen LogP contribution in [0.3, 0.4) is 0 Å². The van der Waals surface area contributed by atoms with Gasteiger partial charge in [0, 0.05) is 11.9 Å². The van der Waals surface area contributed by atoms with E-state index in [-0.39, 0.29) is 5.91 Å². The molecule has 2 aromatic rings. The molecular weight excluding hydrogens is 266 g/mol. The number of pyridine rings is 1. The summed E-state index contributed by atoms with van der Waals surface area (Å²) in [7, 11) is 1.52. The molecule has 0 saturated carbocycles. The van der Waals surface area contributed by atoms with E-state index < -0.39 is 0 Å². The lowest BCUT2D eigenvalue weighted by molar-refractivity contribution is 0.0947. The first-order chi connectivity index (χ1) is 10.2. The highest BCUT2D eigenvalue weighted by molar-refractivity contribution is 5.97. The summed E-state index contributed by atoms with van der Waals surface area (Å²) in [5, 5.41) is 2.85. The standard InChI is InChI=1S/C16H19N3O2/c1-3-11-5-4-8-18-14(11)10-19-16(20)13-9-12(17)6-7-15(13)21-2/h4-9H,3,10,17H2,1-2H3,(H,19,20). The predicted molar refractivity (Wildman–Crippen MR) is 82.2 cm³/mol. The third kappa shape index (κ3) is 3.51. The van der Waals surface area contributed by atoms with Crippen molar-refractivity contribution in [2.75, 3.05) is 12.8 Å². The Hall–Kier alpha value is -2.56. The summed E-state index contributed by atoms with van der Waals surface area (Å²) >= 11 is 0. The molecule has 0 aliphatic heterocycles. The van der Waals surface area contributed by atoms with Gasteiger partial charge in [0.25, 0.3) is 5.91 Å². The first-order valence-electron chi connectivity index (χ1n) is 6.80. The molecule has 0 spiro atoms. The van der Waals surface area contributed by atoms with Gasteiger partial charge in [-0.05, 0) is 36.2 Å². The Balaban J connectivity index is 2.13. The molecule has 5 nitrogen and oxygen atoms in total. The van der Waals surface area contributed by atoms with Crippen molar-refractivity contribution in [1.82, 2.24) is 10.3 Å². The maximum Gasteiger partial charge on any atom is 0.255 e. The fourth-order valence-electron chi connectivity index (χ4n) is 2.11. The Morgan fingerprint density at radius 1 is 1.38 bits per heavy atom. The maximum absolute atomic E-state index is 12.3. The van der Waals surface area contributed by atoms with Crippen LogP contribution in [0.2, 0.25) is 0 Å². The normalized spacial score (nSPS) is 10.2. The number of rotatable bonds is 5. The van der Waals surface area contributed by atoms with E-state index in [1.54, 1.807) is 24.4 Å². The van der Waals surface area contributed by atoms with E-state index in [2.05, 4.69) is 17.2 Å². The first kappa shape index (κ1) is 14.8. The van der Waals surface area contributed by atoms with Gasteiger partial charge < -0.3 is 15.8 Å². The summed E-state index contributed by atoms with van der Waals surface area (Å²) < 4.78 is 5.19. The van der Waals surface area contributed by atoms with Gasteiger partial charge in [-0.2, -0.15) is 0 Å². The topological polar surface area (TPSA) is 77.2 Å². The first-order valence-corrected chi connectivity index (χ1v) is 6.80. The third-order valence-corrected chi connectivity index (χ3v) is 3.25. The number of benzene rings is 1. The number of hydrogen-bond acceptors (Lipinski definition) is 4. The van der Waals surface area contributed by atoms with Gasteiger partial charge in [0.1, 0.15) is 5.75 Å². The van der Waals surface area contributed by atoms with Gasteiger partial charge in [-0.3, -0.25) is 9.78 Å². The summed E-state index contributed by atoms with van der Waals surface area (Å²) in [5.74, 6) is 0.269. The molecular formula is C16H19N3O2. The van der Waals surface area contributed by atoms with E-state index in [4.69, 9.17) is 10.5 Å². The van der Waals surface area contributed by atoms with Crippen LogP contribution in [0.15, 0.2) is 36.5 Å². The monoisotopic (exact) mass is 285 g/mol. The molecule has 1 amide bonds. The van der Waals surface area contributed by atoms with Gasteiger partial charge in [-0.25, -0.2) is 0 Å². The average Bonchev–Trinajstić information content (AvgIpc) is 2.52. The van der Waals surface area contributed by atoms with Crippen LogP contribution in [-0.4, -0.2) is 18.0 Å². The van der Waals surface area contributed by atoms with E-state index >= 15 is 0 Å². The van der Waals surface area contributed by atoms with Crippen LogP contribution < -0.4 is 15.8 Å². The minimum atomic E-state index is -0.230. The van der Waals surface area contributed by atoms with Gasteiger partial charge in [0.05, 0.1) is 24.9 Å². The Morgan fingerprint density at radius 2 is 2.19 bits per heavy atom. The van der Waals surface area contributed by atoms with Crippen LogP contribution in [0.1, 0.15) is 28.5 Å². The number of carbonyl (C=O) groups is 1. The maximum atomic E-state index is 12.3. The van der Waals surface area contributed by atoms with E-state index in [1.165, 1.54) is 7.11 Å². The molecule has 0 radical (unpaired) electrons. The van der Waals surface area contributed by atoms with Crippen molar-refractivity contribution in [3.05, 3.63) is 53.3 Å². The number of aryl methyl sites for hydroxylation is 1. The van der Waals surface area contributed by atoms with Crippen molar-refractivity contribution in [1.29, 1.82) is 0 Å². The van der Waals surface area contributed by atoms with Crippen molar-refractivity contribution in [3.8, 4) is 5.75 Å². The van der Waals surface area contributed by atoms with Crippen molar-refractivity contribution in [3.63, 3.8) is 0 Å². The van der Waals surface area contributed by atoms with Gasteiger partial charge >= 0.3 is 0 Å². The minimum absolute atomic E-state index is 0.230. The van der Waals surface area contributed by atoms with Gasteiger partial charge in [-0.1, -0.05) is 13.0 Å². The smallest absolute Gasteiger partial charge is 0.255 e. The number of amides is 1. The van der Waals surface area contributed by atoms with Crippen molar-refractivity contribution < 1.29 is 9.53 Å². The molecule has 0 aliphatic carbocycles. The van der Waals surface area contributed by atoms with Crippen LogP contribution in [0.25, 0.3) is 0 Å². The molecule has 5 heteroatoms. The number of methoxy groups -OCH3 is 1. The number of ether oxygens (including phenoxy) is 1. The lowest BCUT2D eigenvalue weighted by Gasteiger charge is -2.11. The zero-order valence-electron chi connectivity index (χ0n) is 12.2. The molecule has 1 aromatic heterocycles. The number of nitrogen functional groups attached to an aromatic ring is 1. The molecule has 0 fully saturated rings. The molecule has 0 atom stereocenters. The largest absolute Gasteiger partial charge is 0.496 e. The summed E-state index contributed by atoms with van der Waals surface area (Å²) in [5.41, 5.74) is 8.66. The molecule has 0 saturated heterocycles. The van der Waals surface area contributed by atoms with E-state index in [0.717, 1.165) is 17.7 Å². The van der Waals surface area contributed by atoms with Gasteiger partial charge in [0.2, 0.25) is 0 Å². The molecule has 0 unspecified atom stereocenters. The Morgan fingerprint density at radius 3 is 2.90 bits per heavy atom. The van der Waals surface area contributed by atoms with Crippen LogP contribution >= 0.6 is 0 Å². The Bertz CT molecular complexity index is 641. The molecule has 110 valence electrons. The molecule has 0 bridgehead atoms. The number of carbonyl (C=O) groups excluding carboxylic acids is 1. The highest BCUT2D eigenvalue weighted by Crippen LogP contribution is 2.21. The quantitative estimate of drug-likeness (QED) is 0.825. The highest BCUT2D eigenvalue weighted by Gasteiger charge is 2.13. The minimum Gasteiger partial charge on any atom is -0.496 e. The van der Waals surface area contributed by atoms with E-state index in [0.29, 0.717) is 23.5 Å². The summed E-state index contributed by atoms with van der Waals surface area (Å²) in [4.78, 5) is 16.6. The lowest BCUT2D eigenvalue weighted by Crippen LogP contribution is -2.24.